The third-order valence-corrected chi connectivity index (χ3v) is 4.28. The normalized spacial score (nSPS) is 10.5. The van der Waals surface area contributed by atoms with Crippen molar-refractivity contribution in [3.63, 3.8) is 0 Å². The van der Waals surface area contributed by atoms with Gasteiger partial charge in [0.2, 0.25) is 5.82 Å². The summed E-state index contributed by atoms with van der Waals surface area (Å²) in [5, 5.41) is 7.33. The molecule has 6 heteroatoms. The highest BCUT2D eigenvalue weighted by Crippen LogP contribution is 2.25. The molecule has 29 heavy (non-hydrogen) atoms. The van der Waals surface area contributed by atoms with Crippen LogP contribution >= 0.6 is 0 Å². The lowest BCUT2D eigenvalue weighted by Crippen LogP contribution is -2.15. The third-order valence-electron chi connectivity index (χ3n) is 4.28. The topological polar surface area (TPSA) is 69.0 Å². The Balaban J connectivity index is 1.72. The monoisotopic (exact) mass is 384 g/mol. The first-order valence-electron chi connectivity index (χ1n) is 9.37. The molecule has 0 saturated carbocycles. The van der Waals surface area contributed by atoms with Crippen molar-refractivity contribution in [1.29, 1.82) is 0 Å². The zero-order valence-electron chi connectivity index (χ0n) is 15.9. The summed E-state index contributed by atoms with van der Waals surface area (Å²) >= 11 is 0. The number of rotatable bonds is 6. The van der Waals surface area contributed by atoms with Crippen LogP contribution in [0.25, 0.3) is 17.1 Å². The number of benzene rings is 3. The fraction of sp³-hybridized carbons (Fsp3) is 0.0870. The molecule has 6 nitrogen and oxygen atoms in total. The molecule has 1 amide bonds. The van der Waals surface area contributed by atoms with Gasteiger partial charge in [-0.25, -0.2) is 9.67 Å². The van der Waals surface area contributed by atoms with Crippen LogP contribution in [0.3, 0.4) is 0 Å². The number of nitrogens with zero attached hydrogens (tertiary/aromatic N) is 3. The second-order valence-electron chi connectivity index (χ2n) is 6.26. The first-order valence-corrected chi connectivity index (χ1v) is 9.37. The van der Waals surface area contributed by atoms with Gasteiger partial charge in [0, 0.05) is 5.56 Å². The molecular formula is C23H20N4O2. The quantitative estimate of drug-likeness (QED) is 0.528. The van der Waals surface area contributed by atoms with Gasteiger partial charge in [0.15, 0.2) is 5.82 Å². The van der Waals surface area contributed by atoms with E-state index >= 15 is 0 Å². The molecular weight excluding hydrogens is 364 g/mol. The molecule has 144 valence electrons. The van der Waals surface area contributed by atoms with Crippen LogP contribution in [0.15, 0.2) is 84.9 Å². The van der Waals surface area contributed by atoms with E-state index in [4.69, 9.17) is 4.74 Å². The number of anilines is 1. The molecule has 1 N–H and O–H groups in total. The van der Waals surface area contributed by atoms with Gasteiger partial charge >= 0.3 is 0 Å². The second-order valence-corrected chi connectivity index (χ2v) is 6.26. The summed E-state index contributed by atoms with van der Waals surface area (Å²) in [6, 6.07) is 26.6. The Morgan fingerprint density at radius 1 is 0.931 bits per heavy atom. The van der Waals surface area contributed by atoms with Gasteiger partial charge in [-0.3, -0.25) is 4.79 Å². The Labute approximate surface area is 168 Å². The number of hydrogen-bond acceptors (Lipinski definition) is 4. The molecule has 0 fully saturated rings. The fourth-order valence-electron chi connectivity index (χ4n) is 2.96. The number of carbonyl (C=O) groups is 1. The summed E-state index contributed by atoms with van der Waals surface area (Å²) in [6.45, 7) is 2.40. The van der Waals surface area contributed by atoms with Gasteiger partial charge in [0.1, 0.15) is 5.75 Å². The maximum absolute atomic E-state index is 12.9. The third kappa shape index (κ3) is 4.01. The molecule has 0 aliphatic carbocycles. The van der Waals surface area contributed by atoms with E-state index in [9.17, 15) is 4.79 Å². The summed E-state index contributed by atoms with van der Waals surface area (Å²) in [4.78, 5) is 17.4. The van der Waals surface area contributed by atoms with Crippen molar-refractivity contribution >= 4 is 11.6 Å². The van der Waals surface area contributed by atoms with Gasteiger partial charge in [-0.05, 0) is 31.2 Å². The number of nitrogens with one attached hydrogen (secondary N) is 1. The predicted octanol–water partition coefficient (Wildman–Crippen LogP) is 4.59. The Kier molecular flexibility index (Phi) is 5.33. The van der Waals surface area contributed by atoms with Crippen LogP contribution in [0.4, 0.5) is 5.69 Å². The van der Waals surface area contributed by atoms with Gasteiger partial charge in [-0.15, -0.1) is 5.10 Å². The maximum atomic E-state index is 12.9. The van der Waals surface area contributed by atoms with E-state index in [1.54, 1.807) is 10.7 Å². The van der Waals surface area contributed by atoms with Crippen molar-refractivity contribution in [2.45, 2.75) is 6.92 Å². The molecule has 0 aliphatic rings. The summed E-state index contributed by atoms with van der Waals surface area (Å²) in [5.41, 5.74) is 2.28. The Hall–Kier alpha value is -3.93. The summed E-state index contributed by atoms with van der Waals surface area (Å²) in [7, 11) is 0. The van der Waals surface area contributed by atoms with Crippen LogP contribution in [0.1, 0.15) is 17.5 Å². The van der Waals surface area contributed by atoms with E-state index in [1.807, 2.05) is 85.8 Å². The van der Waals surface area contributed by atoms with E-state index in [2.05, 4.69) is 15.4 Å². The molecule has 0 bridgehead atoms. The highest BCUT2D eigenvalue weighted by atomic mass is 16.5. The average molecular weight is 384 g/mol. The molecule has 0 unspecified atom stereocenters. The van der Waals surface area contributed by atoms with Crippen molar-refractivity contribution in [1.82, 2.24) is 14.8 Å². The number of aromatic nitrogens is 3. The highest BCUT2D eigenvalue weighted by Gasteiger charge is 2.19. The van der Waals surface area contributed by atoms with Crippen LogP contribution in [0.2, 0.25) is 0 Å². The molecule has 1 heterocycles. The van der Waals surface area contributed by atoms with Crippen molar-refractivity contribution in [3.05, 3.63) is 90.8 Å². The van der Waals surface area contributed by atoms with Crippen LogP contribution in [-0.2, 0) is 0 Å². The van der Waals surface area contributed by atoms with Crippen molar-refractivity contribution in [3.8, 4) is 22.8 Å². The summed E-state index contributed by atoms with van der Waals surface area (Å²) in [6.07, 6.45) is 0. The van der Waals surface area contributed by atoms with Gasteiger partial charge in [0.05, 0.1) is 18.0 Å². The molecule has 0 saturated heterocycles. The second kappa shape index (κ2) is 8.39. The largest absolute Gasteiger partial charge is 0.492 e. The SMILES string of the molecule is CCOc1ccccc1NC(=O)c1nc(-c2ccccc2)n(-c2ccccc2)n1. The molecule has 0 aliphatic heterocycles. The lowest BCUT2D eigenvalue weighted by molar-refractivity contribution is 0.101. The van der Waals surface area contributed by atoms with Gasteiger partial charge in [-0.1, -0.05) is 60.7 Å². The zero-order valence-corrected chi connectivity index (χ0v) is 15.9. The van der Waals surface area contributed by atoms with E-state index in [0.29, 0.717) is 23.9 Å². The van der Waals surface area contributed by atoms with Crippen LogP contribution in [0.5, 0.6) is 5.75 Å². The number of ether oxygens (including phenoxy) is 1. The zero-order chi connectivity index (χ0) is 20.1. The van der Waals surface area contributed by atoms with E-state index in [-0.39, 0.29) is 5.82 Å². The first-order chi connectivity index (χ1) is 14.3. The van der Waals surface area contributed by atoms with Gasteiger partial charge in [-0.2, -0.15) is 0 Å². The Bertz CT molecular complexity index is 1050. The summed E-state index contributed by atoms with van der Waals surface area (Å²) in [5.74, 6) is 0.886. The number of carbonyl (C=O) groups excluding carboxylic acids is 1. The minimum atomic E-state index is -0.399. The first kappa shape index (κ1) is 18.4. The molecule has 0 atom stereocenters. The maximum Gasteiger partial charge on any atom is 0.295 e. The fourth-order valence-corrected chi connectivity index (χ4v) is 2.96. The highest BCUT2D eigenvalue weighted by molar-refractivity contribution is 6.02. The molecule has 4 aromatic rings. The smallest absolute Gasteiger partial charge is 0.295 e. The number of amides is 1. The van der Waals surface area contributed by atoms with Crippen molar-refractivity contribution in [2.75, 3.05) is 11.9 Å². The standard InChI is InChI=1S/C23H20N4O2/c1-2-29-20-16-10-9-15-19(20)24-23(28)21-25-22(17-11-5-3-6-12-17)27(26-21)18-13-7-4-8-14-18/h3-16H,2H2,1H3,(H,24,28). The number of para-hydroxylation sites is 3. The Morgan fingerprint density at radius 2 is 1.59 bits per heavy atom. The van der Waals surface area contributed by atoms with Gasteiger partial charge in [0.25, 0.3) is 5.91 Å². The number of hydrogen-bond donors (Lipinski definition) is 1. The van der Waals surface area contributed by atoms with Gasteiger partial charge < -0.3 is 10.1 Å². The lowest BCUT2D eigenvalue weighted by Gasteiger charge is -2.09. The van der Waals surface area contributed by atoms with E-state index in [1.165, 1.54) is 0 Å². The molecule has 1 aromatic heterocycles. The Morgan fingerprint density at radius 3 is 2.31 bits per heavy atom. The van der Waals surface area contributed by atoms with Crippen LogP contribution < -0.4 is 10.1 Å². The van der Waals surface area contributed by atoms with Crippen molar-refractivity contribution < 1.29 is 9.53 Å². The minimum absolute atomic E-state index is 0.0824. The predicted molar refractivity (Wildman–Crippen MR) is 112 cm³/mol. The lowest BCUT2D eigenvalue weighted by atomic mass is 10.2. The van der Waals surface area contributed by atoms with E-state index < -0.39 is 5.91 Å². The minimum Gasteiger partial charge on any atom is -0.492 e. The molecule has 0 spiro atoms. The van der Waals surface area contributed by atoms with Crippen LogP contribution in [0, 0.1) is 0 Å². The molecule has 3 aromatic carbocycles. The van der Waals surface area contributed by atoms with E-state index in [0.717, 1.165) is 11.3 Å². The average Bonchev–Trinajstić information content (AvgIpc) is 3.22. The van der Waals surface area contributed by atoms with Crippen LogP contribution in [-0.4, -0.2) is 27.3 Å². The van der Waals surface area contributed by atoms with Crippen molar-refractivity contribution in [2.24, 2.45) is 0 Å². The summed E-state index contributed by atoms with van der Waals surface area (Å²) < 4.78 is 7.26. The molecule has 4 rings (SSSR count). The molecule has 0 radical (unpaired) electrons.